The highest BCUT2D eigenvalue weighted by Gasteiger charge is 2.27. The molecule has 0 radical (unpaired) electrons. The number of imidazole rings is 1. The number of nitrogens with zero attached hydrogens (tertiary/aromatic N) is 5. The van der Waals surface area contributed by atoms with Crippen molar-refractivity contribution < 1.29 is 4.57 Å². The Morgan fingerprint density at radius 1 is 0.733 bits per heavy atom. The van der Waals surface area contributed by atoms with Gasteiger partial charge in [0, 0.05) is 36.0 Å². The molecule has 0 amide bonds. The van der Waals surface area contributed by atoms with Crippen molar-refractivity contribution in [2.24, 2.45) is 24.3 Å². The van der Waals surface area contributed by atoms with Gasteiger partial charge in [-0.1, -0.05) is 65.8 Å². The van der Waals surface area contributed by atoms with E-state index < -0.39 is 0 Å². The van der Waals surface area contributed by atoms with Gasteiger partial charge in [-0.05, 0) is 24.3 Å². The van der Waals surface area contributed by atoms with Gasteiger partial charge >= 0.3 is 5.95 Å². The van der Waals surface area contributed by atoms with Gasteiger partial charge in [-0.25, -0.2) is 9.13 Å². The van der Waals surface area contributed by atoms with Crippen molar-refractivity contribution in [2.45, 2.75) is 0 Å². The van der Waals surface area contributed by atoms with E-state index in [0.29, 0.717) is 0 Å². The van der Waals surface area contributed by atoms with Crippen LogP contribution in [0.3, 0.4) is 0 Å². The van der Waals surface area contributed by atoms with Crippen LogP contribution in [0.4, 0.5) is 17.3 Å². The lowest BCUT2D eigenvalue weighted by Gasteiger charge is -2.11. The maximum atomic E-state index is 4.62. The fraction of sp³-hybridized carbons (Fsp3) is 0.160. The summed E-state index contributed by atoms with van der Waals surface area (Å²) in [5.74, 6) is 0.782. The maximum Gasteiger partial charge on any atom is 0.422 e. The van der Waals surface area contributed by atoms with Crippen LogP contribution in [0.15, 0.2) is 95.2 Å². The van der Waals surface area contributed by atoms with Crippen molar-refractivity contribution in [3.05, 3.63) is 84.9 Å². The highest BCUT2D eigenvalue weighted by Crippen LogP contribution is 2.33. The van der Waals surface area contributed by atoms with Gasteiger partial charge in [0.2, 0.25) is 0 Å². The van der Waals surface area contributed by atoms with E-state index in [1.165, 1.54) is 0 Å². The van der Waals surface area contributed by atoms with E-state index in [4.69, 9.17) is 0 Å². The van der Waals surface area contributed by atoms with Crippen LogP contribution in [-0.2, 0) is 14.1 Å². The van der Waals surface area contributed by atoms with E-state index in [-0.39, 0.29) is 0 Å². The SMILES string of the molecule is CN(C)c1ccc(N=Nc2n(C)c(-c3ccccc3)c(-c3ccccc3)[n+]2C)cc1. The quantitative estimate of drug-likeness (QED) is 0.316. The Morgan fingerprint density at radius 3 is 1.87 bits per heavy atom. The van der Waals surface area contributed by atoms with Gasteiger partial charge in [0.05, 0.1) is 14.1 Å². The molecule has 3 aromatic carbocycles. The molecule has 0 unspecified atom stereocenters. The first-order chi connectivity index (χ1) is 14.6. The van der Waals surface area contributed by atoms with Crippen molar-refractivity contribution in [1.82, 2.24) is 4.57 Å². The number of azo groups is 1. The Bertz CT molecular complexity index is 1090. The van der Waals surface area contributed by atoms with Gasteiger partial charge in [0.1, 0.15) is 17.1 Å². The molecule has 150 valence electrons. The fourth-order valence-corrected chi connectivity index (χ4v) is 3.65. The van der Waals surface area contributed by atoms with Crippen molar-refractivity contribution in [3.63, 3.8) is 0 Å². The second-order valence-electron chi connectivity index (χ2n) is 7.46. The molecule has 0 aliphatic rings. The van der Waals surface area contributed by atoms with Crippen LogP contribution in [0.1, 0.15) is 0 Å². The van der Waals surface area contributed by atoms with E-state index in [2.05, 4.69) is 72.8 Å². The maximum absolute atomic E-state index is 4.62. The van der Waals surface area contributed by atoms with Gasteiger partial charge in [-0.2, -0.15) is 0 Å². The van der Waals surface area contributed by atoms with Crippen LogP contribution in [0.25, 0.3) is 22.5 Å². The van der Waals surface area contributed by atoms with Crippen LogP contribution in [0.2, 0.25) is 0 Å². The van der Waals surface area contributed by atoms with Gasteiger partial charge in [-0.3, -0.25) is 0 Å². The summed E-state index contributed by atoms with van der Waals surface area (Å²) in [6.45, 7) is 0. The number of anilines is 1. The molecule has 0 atom stereocenters. The average molecular weight is 397 g/mol. The van der Waals surface area contributed by atoms with E-state index in [1.807, 2.05) is 64.6 Å². The summed E-state index contributed by atoms with van der Waals surface area (Å²) in [6.07, 6.45) is 0. The molecule has 1 aromatic heterocycles. The molecule has 0 bridgehead atoms. The molecule has 0 N–H and O–H groups in total. The van der Waals surface area contributed by atoms with Gasteiger partial charge in [-0.15, -0.1) is 0 Å². The highest BCUT2D eigenvalue weighted by atomic mass is 15.3. The van der Waals surface area contributed by atoms with Crippen LogP contribution in [0.5, 0.6) is 0 Å². The Hall–Kier alpha value is -3.73. The number of rotatable bonds is 5. The van der Waals surface area contributed by atoms with Crippen molar-refractivity contribution in [3.8, 4) is 22.5 Å². The monoisotopic (exact) mass is 396 g/mol. The summed E-state index contributed by atoms with van der Waals surface area (Å²) >= 11 is 0. The Labute approximate surface area is 177 Å². The Balaban J connectivity index is 1.82. The fourth-order valence-electron chi connectivity index (χ4n) is 3.65. The molecule has 4 rings (SSSR count). The van der Waals surface area contributed by atoms with Crippen LogP contribution < -0.4 is 9.47 Å². The van der Waals surface area contributed by atoms with E-state index in [0.717, 1.165) is 39.8 Å². The summed E-state index contributed by atoms with van der Waals surface area (Å²) in [4.78, 5) is 2.07. The van der Waals surface area contributed by atoms with Crippen LogP contribution >= 0.6 is 0 Å². The van der Waals surface area contributed by atoms with Crippen LogP contribution in [-0.4, -0.2) is 18.7 Å². The first-order valence-electron chi connectivity index (χ1n) is 9.95. The predicted octanol–water partition coefficient (Wildman–Crippen LogP) is 5.67. The standard InChI is InChI=1S/C25H26N5/c1-28(2)22-17-15-21(16-18-22)26-27-25-29(3)23(19-11-7-5-8-12-19)24(30(25)4)20-13-9-6-10-14-20/h5-18H,1-4H3/q+1. The molecule has 5 nitrogen and oxygen atoms in total. The molecule has 1 heterocycles. The van der Waals surface area contributed by atoms with Crippen molar-refractivity contribution >= 4 is 17.3 Å². The Kier molecular flexibility index (Phi) is 5.44. The zero-order chi connectivity index (χ0) is 21.1. The topological polar surface area (TPSA) is 36.8 Å². The lowest BCUT2D eigenvalue weighted by atomic mass is 10.0. The van der Waals surface area contributed by atoms with Crippen molar-refractivity contribution in [1.29, 1.82) is 0 Å². The first-order valence-corrected chi connectivity index (χ1v) is 9.95. The number of benzene rings is 3. The molecule has 5 heteroatoms. The summed E-state index contributed by atoms with van der Waals surface area (Å²) in [7, 11) is 8.13. The number of hydrogen-bond acceptors (Lipinski definition) is 3. The third-order valence-electron chi connectivity index (χ3n) is 5.21. The number of aromatic nitrogens is 2. The predicted molar refractivity (Wildman–Crippen MR) is 122 cm³/mol. The molecule has 30 heavy (non-hydrogen) atoms. The van der Waals surface area contributed by atoms with Gasteiger partial charge in [0.15, 0.2) is 0 Å². The third kappa shape index (κ3) is 3.74. The second-order valence-corrected chi connectivity index (χ2v) is 7.46. The number of hydrogen-bond donors (Lipinski definition) is 0. The Morgan fingerprint density at radius 2 is 1.30 bits per heavy atom. The minimum absolute atomic E-state index is 0.782. The third-order valence-corrected chi connectivity index (χ3v) is 5.21. The molecule has 0 spiro atoms. The smallest absolute Gasteiger partial charge is 0.378 e. The van der Waals surface area contributed by atoms with Gasteiger partial charge < -0.3 is 4.90 Å². The summed E-state index contributed by atoms with van der Waals surface area (Å²) in [5.41, 5.74) is 6.47. The van der Waals surface area contributed by atoms with E-state index in [9.17, 15) is 0 Å². The van der Waals surface area contributed by atoms with Crippen LogP contribution in [0, 0.1) is 0 Å². The minimum atomic E-state index is 0.782. The lowest BCUT2D eigenvalue weighted by Crippen LogP contribution is -2.29. The first kappa shape index (κ1) is 19.6. The molecule has 0 fully saturated rings. The molecule has 0 aliphatic carbocycles. The molecule has 0 saturated heterocycles. The van der Waals surface area contributed by atoms with E-state index >= 15 is 0 Å². The largest absolute Gasteiger partial charge is 0.422 e. The zero-order valence-corrected chi connectivity index (χ0v) is 17.8. The molecule has 0 saturated carbocycles. The average Bonchev–Trinajstić information content (AvgIpc) is 3.03. The summed E-state index contributed by atoms with van der Waals surface area (Å²) < 4.78 is 4.21. The highest BCUT2D eigenvalue weighted by molar-refractivity contribution is 5.77. The normalized spacial score (nSPS) is 11.2. The van der Waals surface area contributed by atoms with Crippen molar-refractivity contribution in [2.75, 3.05) is 19.0 Å². The second kappa shape index (κ2) is 8.33. The van der Waals surface area contributed by atoms with E-state index in [1.54, 1.807) is 0 Å². The summed E-state index contributed by atoms with van der Waals surface area (Å²) in [6, 6.07) is 28.9. The molecular formula is C25H26N5+. The summed E-state index contributed by atoms with van der Waals surface area (Å²) in [5, 5.41) is 9.12. The minimum Gasteiger partial charge on any atom is -0.378 e. The lowest BCUT2D eigenvalue weighted by molar-refractivity contribution is -0.646. The van der Waals surface area contributed by atoms with Gasteiger partial charge in [0.25, 0.3) is 0 Å². The molecule has 0 aliphatic heterocycles. The molecular weight excluding hydrogens is 370 g/mol. The zero-order valence-electron chi connectivity index (χ0n) is 17.8. The molecule has 4 aromatic rings.